The molecule has 122 valence electrons. The molecule has 1 saturated carbocycles. The van der Waals surface area contributed by atoms with E-state index in [2.05, 4.69) is 20.1 Å². The molecule has 0 radical (unpaired) electrons. The molecule has 0 unspecified atom stereocenters. The Bertz CT molecular complexity index is 745. The van der Waals surface area contributed by atoms with Crippen LogP contribution in [-0.4, -0.2) is 25.9 Å². The molecule has 1 N–H and O–H groups in total. The first kappa shape index (κ1) is 16.6. The highest BCUT2D eigenvalue weighted by Gasteiger charge is 2.29. The highest BCUT2D eigenvalue weighted by Crippen LogP contribution is 2.39. The third kappa shape index (κ3) is 3.82. The monoisotopic (exact) mass is 370 g/mol. The third-order valence-electron chi connectivity index (χ3n) is 3.59. The Kier molecular flexibility index (Phi) is 4.85. The number of aryl methyl sites for hydroxylation is 1. The van der Waals surface area contributed by atoms with Gasteiger partial charge in [-0.05, 0) is 44.9 Å². The largest absolute Gasteiger partial charge is 0.324 e. The van der Waals surface area contributed by atoms with Crippen LogP contribution >= 0.6 is 35.0 Å². The second-order valence-corrected chi connectivity index (χ2v) is 7.66. The lowest BCUT2D eigenvalue weighted by Gasteiger charge is -2.13. The number of aromatic nitrogens is 3. The number of halogens is 2. The van der Waals surface area contributed by atoms with Crippen LogP contribution in [0, 0.1) is 6.92 Å². The zero-order valence-electron chi connectivity index (χ0n) is 12.7. The minimum Gasteiger partial charge on any atom is -0.324 e. The molecule has 0 bridgehead atoms. The van der Waals surface area contributed by atoms with E-state index in [-0.39, 0.29) is 11.2 Å². The SMILES string of the molecule is Cc1nnc(S[C@@H](C)C(=O)Nc2ccc(Cl)cc2Cl)n1C1CC1. The average Bonchev–Trinajstić information content (AvgIpc) is 3.26. The van der Waals surface area contributed by atoms with Crippen molar-refractivity contribution < 1.29 is 4.79 Å². The summed E-state index contributed by atoms with van der Waals surface area (Å²) in [6.45, 7) is 3.78. The summed E-state index contributed by atoms with van der Waals surface area (Å²) in [6, 6.07) is 5.46. The second kappa shape index (κ2) is 6.71. The number of benzene rings is 1. The molecule has 5 nitrogen and oxygen atoms in total. The summed E-state index contributed by atoms with van der Waals surface area (Å²) in [4.78, 5) is 12.4. The van der Waals surface area contributed by atoms with E-state index in [0.717, 1.165) is 23.8 Å². The van der Waals surface area contributed by atoms with Crippen molar-refractivity contribution in [3.8, 4) is 0 Å². The van der Waals surface area contributed by atoms with Crippen molar-refractivity contribution in [3.05, 3.63) is 34.1 Å². The maximum Gasteiger partial charge on any atom is 0.237 e. The zero-order chi connectivity index (χ0) is 16.6. The molecule has 3 rings (SSSR count). The van der Waals surface area contributed by atoms with Crippen LogP contribution in [0.15, 0.2) is 23.4 Å². The molecule has 0 spiro atoms. The number of rotatable bonds is 5. The van der Waals surface area contributed by atoms with Gasteiger partial charge in [-0.3, -0.25) is 4.79 Å². The van der Waals surface area contributed by atoms with Crippen molar-refractivity contribution in [1.82, 2.24) is 14.8 Å². The maximum absolute atomic E-state index is 12.4. The van der Waals surface area contributed by atoms with Crippen molar-refractivity contribution >= 4 is 46.6 Å². The van der Waals surface area contributed by atoms with E-state index in [1.54, 1.807) is 18.2 Å². The number of amides is 1. The third-order valence-corrected chi connectivity index (χ3v) is 5.19. The van der Waals surface area contributed by atoms with Crippen molar-refractivity contribution in [2.45, 2.75) is 43.1 Å². The Morgan fingerprint density at radius 2 is 2.13 bits per heavy atom. The fraction of sp³-hybridized carbons (Fsp3) is 0.400. The molecule has 1 atom stereocenters. The molecule has 1 amide bonds. The molecular formula is C15H16Cl2N4OS. The Balaban J connectivity index is 1.68. The fourth-order valence-corrected chi connectivity index (χ4v) is 3.64. The molecule has 1 aromatic carbocycles. The van der Waals surface area contributed by atoms with Gasteiger partial charge in [0.2, 0.25) is 5.91 Å². The molecule has 2 aromatic rings. The van der Waals surface area contributed by atoms with Gasteiger partial charge in [-0.15, -0.1) is 10.2 Å². The number of nitrogens with one attached hydrogen (secondary N) is 1. The van der Waals surface area contributed by atoms with Gasteiger partial charge in [0.1, 0.15) is 5.82 Å². The van der Waals surface area contributed by atoms with Crippen LogP contribution < -0.4 is 5.32 Å². The smallest absolute Gasteiger partial charge is 0.237 e. The van der Waals surface area contributed by atoms with Crippen LogP contribution in [0.4, 0.5) is 5.69 Å². The number of anilines is 1. The fourth-order valence-electron chi connectivity index (χ4n) is 2.22. The normalized spacial score (nSPS) is 15.5. The average molecular weight is 371 g/mol. The molecule has 1 fully saturated rings. The lowest BCUT2D eigenvalue weighted by molar-refractivity contribution is -0.115. The van der Waals surface area contributed by atoms with Crippen LogP contribution in [0.1, 0.15) is 31.6 Å². The second-order valence-electron chi connectivity index (χ2n) is 5.50. The Morgan fingerprint density at radius 3 is 2.78 bits per heavy atom. The summed E-state index contributed by atoms with van der Waals surface area (Å²) in [6.07, 6.45) is 2.29. The predicted molar refractivity (Wildman–Crippen MR) is 93.4 cm³/mol. The van der Waals surface area contributed by atoms with E-state index in [9.17, 15) is 4.79 Å². The number of nitrogens with zero attached hydrogens (tertiary/aromatic N) is 3. The number of thioether (sulfide) groups is 1. The van der Waals surface area contributed by atoms with Gasteiger partial charge in [-0.25, -0.2) is 0 Å². The molecule has 1 aliphatic rings. The topological polar surface area (TPSA) is 59.8 Å². The molecule has 0 aliphatic heterocycles. The van der Waals surface area contributed by atoms with Crippen molar-refractivity contribution in [2.75, 3.05) is 5.32 Å². The number of hydrogen-bond donors (Lipinski definition) is 1. The van der Waals surface area contributed by atoms with Gasteiger partial charge in [-0.1, -0.05) is 35.0 Å². The van der Waals surface area contributed by atoms with Gasteiger partial charge in [-0.2, -0.15) is 0 Å². The predicted octanol–water partition coefficient (Wildman–Crippen LogP) is 4.35. The first-order chi connectivity index (χ1) is 11.0. The summed E-state index contributed by atoms with van der Waals surface area (Å²) in [5.41, 5.74) is 0.549. The number of carbonyl (C=O) groups excluding carboxylic acids is 1. The van der Waals surface area contributed by atoms with E-state index in [1.165, 1.54) is 11.8 Å². The highest BCUT2D eigenvalue weighted by atomic mass is 35.5. The standard InChI is InChI=1S/C15H16Cl2N4OS/c1-8(14(22)18-13-6-3-10(16)7-12(13)17)23-15-20-19-9(2)21(15)11-4-5-11/h3,6-8,11H,4-5H2,1-2H3,(H,18,22)/t8-/m0/s1. The summed E-state index contributed by atoms with van der Waals surface area (Å²) in [5, 5.41) is 12.5. The molecule has 23 heavy (non-hydrogen) atoms. The molecule has 1 aliphatic carbocycles. The van der Waals surface area contributed by atoms with E-state index >= 15 is 0 Å². The Hall–Kier alpha value is -1.24. The van der Waals surface area contributed by atoms with Gasteiger partial charge in [0.15, 0.2) is 5.16 Å². The molecule has 0 saturated heterocycles. The van der Waals surface area contributed by atoms with Crippen molar-refractivity contribution in [3.63, 3.8) is 0 Å². The van der Waals surface area contributed by atoms with Gasteiger partial charge in [0.25, 0.3) is 0 Å². The molecule has 1 heterocycles. The van der Waals surface area contributed by atoms with Gasteiger partial charge in [0.05, 0.1) is 16.0 Å². The zero-order valence-corrected chi connectivity index (χ0v) is 15.0. The summed E-state index contributed by atoms with van der Waals surface area (Å²) in [5.74, 6) is 0.755. The van der Waals surface area contributed by atoms with Crippen molar-refractivity contribution in [1.29, 1.82) is 0 Å². The molecule has 1 aromatic heterocycles. The lowest BCUT2D eigenvalue weighted by atomic mass is 10.3. The van der Waals surface area contributed by atoms with E-state index in [0.29, 0.717) is 21.8 Å². The van der Waals surface area contributed by atoms with Crippen LogP contribution in [0.5, 0.6) is 0 Å². The van der Waals surface area contributed by atoms with Gasteiger partial charge < -0.3 is 9.88 Å². The van der Waals surface area contributed by atoms with Gasteiger partial charge in [0, 0.05) is 11.1 Å². The Labute approximate surface area is 148 Å². The maximum atomic E-state index is 12.4. The van der Waals surface area contributed by atoms with E-state index in [4.69, 9.17) is 23.2 Å². The van der Waals surface area contributed by atoms with Crippen molar-refractivity contribution in [2.24, 2.45) is 0 Å². The van der Waals surface area contributed by atoms with Crippen LogP contribution in [0.3, 0.4) is 0 Å². The summed E-state index contributed by atoms with van der Waals surface area (Å²) < 4.78 is 2.11. The first-order valence-corrected chi connectivity index (χ1v) is 8.93. The summed E-state index contributed by atoms with van der Waals surface area (Å²) in [7, 11) is 0. The highest BCUT2D eigenvalue weighted by molar-refractivity contribution is 8.00. The van der Waals surface area contributed by atoms with Crippen LogP contribution in [0.2, 0.25) is 10.0 Å². The minimum absolute atomic E-state index is 0.137. The van der Waals surface area contributed by atoms with Crippen LogP contribution in [0.25, 0.3) is 0 Å². The van der Waals surface area contributed by atoms with E-state index in [1.807, 2.05) is 13.8 Å². The van der Waals surface area contributed by atoms with Gasteiger partial charge >= 0.3 is 0 Å². The van der Waals surface area contributed by atoms with Crippen LogP contribution in [-0.2, 0) is 4.79 Å². The quantitative estimate of drug-likeness (QED) is 0.794. The number of carbonyl (C=O) groups is 1. The lowest BCUT2D eigenvalue weighted by Crippen LogP contribution is -2.23. The minimum atomic E-state index is -0.317. The van der Waals surface area contributed by atoms with E-state index < -0.39 is 0 Å². The Morgan fingerprint density at radius 1 is 1.39 bits per heavy atom. The molecular weight excluding hydrogens is 355 g/mol. The summed E-state index contributed by atoms with van der Waals surface area (Å²) >= 11 is 13.3. The molecule has 8 heteroatoms. The first-order valence-electron chi connectivity index (χ1n) is 7.30. The number of hydrogen-bond acceptors (Lipinski definition) is 4.